The van der Waals surface area contributed by atoms with E-state index in [1.54, 1.807) is 6.92 Å². The van der Waals surface area contributed by atoms with E-state index < -0.39 is 42.0 Å². The Hall–Kier alpha value is -4.00. The first-order valence-corrected chi connectivity index (χ1v) is 18.6. The summed E-state index contributed by atoms with van der Waals surface area (Å²) < 4.78 is 0. The highest BCUT2D eigenvalue weighted by Crippen LogP contribution is 2.12. The van der Waals surface area contributed by atoms with E-state index in [0.717, 1.165) is 5.56 Å². The summed E-state index contributed by atoms with van der Waals surface area (Å²) in [6, 6.07) is 6.38. The zero-order valence-corrected chi connectivity index (χ0v) is 32.0. The average molecular weight is 717 g/mol. The summed E-state index contributed by atoms with van der Waals surface area (Å²) in [5, 5.41) is 26.5. The van der Waals surface area contributed by atoms with Crippen molar-refractivity contribution in [3.63, 3.8) is 0 Å². The first kappa shape index (κ1) is 45.0. The van der Waals surface area contributed by atoms with Crippen molar-refractivity contribution in [2.24, 2.45) is 17.8 Å². The summed E-state index contributed by atoms with van der Waals surface area (Å²) in [5.74, 6) is -2.97. The molecule has 13 heteroatoms. The molecule has 3 unspecified atom stereocenters. The average Bonchev–Trinajstić information content (AvgIpc) is 3.07. The molecule has 288 valence electrons. The Morgan fingerprint density at radius 2 is 1.41 bits per heavy atom. The van der Waals surface area contributed by atoms with Crippen molar-refractivity contribution in [2.45, 2.75) is 137 Å². The van der Waals surface area contributed by atoms with E-state index in [-0.39, 0.29) is 67.3 Å². The Kier molecular flexibility index (Phi) is 21.4. The summed E-state index contributed by atoms with van der Waals surface area (Å²) in [7, 11) is 0. The maximum atomic E-state index is 13.6. The third kappa shape index (κ3) is 18.2. The lowest BCUT2D eigenvalue weighted by atomic mass is 9.97. The summed E-state index contributed by atoms with van der Waals surface area (Å²) in [5.41, 5.74) is 1.11. The molecule has 0 radical (unpaired) electrons. The highest BCUT2D eigenvalue weighted by Gasteiger charge is 2.31. The first-order chi connectivity index (χ1) is 24.1. The number of carbonyl (C=O) groups excluding carboxylic acids is 5. The number of aliphatic carboxylic acids is 1. The van der Waals surface area contributed by atoms with Gasteiger partial charge in [0.1, 0.15) is 18.1 Å². The lowest BCUT2D eigenvalue weighted by Gasteiger charge is -2.29. The van der Waals surface area contributed by atoms with E-state index in [4.69, 9.17) is 5.11 Å². The van der Waals surface area contributed by atoms with Gasteiger partial charge >= 0.3 is 5.97 Å². The molecule has 0 spiro atoms. The molecule has 0 aliphatic rings. The van der Waals surface area contributed by atoms with Crippen molar-refractivity contribution in [1.82, 2.24) is 31.9 Å². The van der Waals surface area contributed by atoms with E-state index >= 15 is 0 Å². The Morgan fingerprint density at radius 1 is 0.745 bits per heavy atom. The van der Waals surface area contributed by atoms with Gasteiger partial charge in [0.2, 0.25) is 29.5 Å². The molecule has 1 aromatic carbocycles. The maximum absolute atomic E-state index is 13.6. The van der Waals surface area contributed by atoms with Crippen LogP contribution in [0.1, 0.15) is 106 Å². The third-order valence-electron chi connectivity index (χ3n) is 8.79. The Bertz CT molecular complexity index is 1240. The van der Waals surface area contributed by atoms with E-state index in [1.165, 1.54) is 0 Å². The van der Waals surface area contributed by atoms with Gasteiger partial charge in [0.05, 0.1) is 6.04 Å². The highest BCUT2D eigenvalue weighted by molar-refractivity contribution is 5.92. The van der Waals surface area contributed by atoms with E-state index in [2.05, 4.69) is 31.9 Å². The predicted molar refractivity (Wildman–Crippen MR) is 198 cm³/mol. The van der Waals surface area contributed by atoms with Gasteiger partial charge in [-0.2, -0.15) is 0 Å². The normalized spacial score (nSPS) is 14.8. The van der Waals surface area contributed by atoms with Gasteiger partial charge in [0.25, 0.3) is 0 Å². The van der Waals surface area contributed by atoms with Crippen LogP contribution in [0.25, 0.3) is 0 Å². The molecule has 0 heterocycles. The van der Waals surface area contributed by atoms with Gasteiger partial charge in [-0.05, 0) is 55.9 Å². The molecule has 0 aliphatic heterocycles. The molecule has 51 heavy (non-hydrogen) atoms. The fourth-order valence-electron chi connectivity index (χ4n) is 5.54. The van der Waals surface area contributed by atoms with Gasteiger partial charge in [-0.1, -0.05) is 91.6 Å². The van der Waals surface area contributed by atoms with E-state index in [0.29, 0.717) is 38.6 Å². The number of benzene rings is 1. The summed E-state index contributed by atoms with van der Waals surface area (Å²) in [4.78, 5) is 76.5. The van der Waals surface area contributed by atoms with Crippen LogP contribution in [0.3, 0.4) is 0 Å². The lowest BCUT2D eigenvalue weighted by molar-refractivity contribution is -0.137. The highest BCUT2D eigenvalue weighted by atomic mass is 16.4. The van der Waals surface area contributed by atoms with Crippen LogP contribution in [0.15, 0.2) is 30.3 Å². The number of hydrogen-bond donors (Lipinski definition) is 7. The number of carbonyl (C=O) groups is 6. The molecular weight excluding hydrogens is 652 g/mol. The summed E-state index contributed by atoms with van der Waals surface area (Å²) in [6.07, 6.45) is 2.88. The number of rotatable bonds is 25. The van der Waals surface area contributed by atoms with Crippen LogP contribution in [0.4, 0.5) is 0 Å². The van der Waals surface area contributed by atoms with Crippen molar-refractivity contribution in [1.29, 1.82) is 0 Å². The minimum Gasteiger partial charge on any atom is -0.481 e. The van der Waals surface area contributed by atoms with Gasteiger partial charge in [-0.3, -0.25) is 28.8 Å². The first-order valence-electron chi connectivity index (χ1n) is 18.6. The number of amides is 5. The number of carboxylic acid groups (broad SMARTS) is 1. The molecule has 0 aromatic heterocycles. The molecule has 13 nitrogen and oxygen atoms in total. The topological polar surface area (TPSA) is 195 Å². The minimum absolute atomic E-state index is 0.0220. The molecule has 7 N–H and O–H groups in total. The van der Waals surface area contributed by atoms with Gasteiger partial charge in [-0.15, -0.1) is 0 Å². The molecule has 0 fully saturated rings. The van der Waals surface area contributed by atoms with Crippen molar-refractivity contribution in [3.8, 4) is 0 Å². The smallest absolute Gasteiger partial charge is 0.303 e. The molecule has 0 aliphatic carbocycles. The largest absolute Gasteiger partial charge is 0.481 e. The Morgan fingerprint density at radius 3 is 1.98 bits per heavy atom. The van der Waals surface area contributed by atoms with Crippen LogP contribution in [-0.2, 0) is 35.2 Å². The van der Waals surface area contributed by atoms with Crippen LogP contribution in [0.2, 0.25) is 0 Å². The predicted octanol–water partition coefficient (Wildman–Crippen LogP) is 3.07. The fraction of sp³-hybridized carbons (Fsp3) is 0.684. The van der Waals surface area contributed by atoms with Gasteiger partial charge in [0.15, 0.2) is 0 Å². The Labute approximate surface area is 304 Å². The maximum Gasteiger partial charge on any atom is 0.303 e. The molecular formula is C38H64N6O7. The van der Waals surface area contributed by atoms with Crippen LogP contribution in [0.5, 0.6) is 0 Å². The van der Waals surface area contributed by atoms with Crippen LogP contribution >= 0.6 is 0 Å². The molecule has 1 rings (SSSR count). The zero-order chi connectivity index (χ0) is 38.5. The molecule has 5 amide bonds. The fourth-order valence-corrected chi connectivity index (χ4v) is 5.54. The monoisotopic (exact) mass is 716 g/mol. The van der Waals surface area contributed by atoms with Crippen molar-refractivity contribution in [3.05, 3.63) is 35.9 Å². The van der Waals surface area contributed by atoms with Gasteiger partial charge in [-0.25, -0.2) is 0 Å². The number of carboxylic acids is 1. The molecule has 0 saturated carbocycles. The van der Waals surface area contributed by atoms with Gasteiger partial charge in [0, 0.05) is 32.0 Å². The quantitative estimate of drug-likeness (QED) is 0.0802. The molecule has 0 saturated heterocycles. The molecule has 1 aromatic rings. The van der Waals surface area contributed by atoms with Crippen LogP contribution < -0.4 is 31.9 Å². The van der Waals surface area contributed by atoms with Gasteiger partial charge < -0.3 is 37.0 Å². The SMILES string of the molecule is CCC[C@H](NC(=O)C(NC(=O)CCCC(=O)O)[C@@H](C)CC)C(=O)NC(CN[C@@H](C)C(=O)NC(C(=O)NCCc1ccccc1)C(C)C)CC(C)C. The summed E-state index contributed by atoms with van der Waals surface area (Å²) in [6.45, 7) is 15.9. The number of hydrogen-bond acceptors (Lipinski definition) is 7. The third-order valence-corrected chi connectivity index (χ3v) is 8.79. The minimum atomic E-state index is -0.995. The van der Waals surface area contributed by atoms with Crippen molar-refractivity contribution < 1.29 is 33.9 Å². The second kappa shape index (κ2) is 24.2. The zero-order valence-electron chi connectivity index (χ0n) is 32.0. The lowest BCUT2D eigenvalue weighted by Crippen LogP contribution is -2.58. The van der Waals surface area contributed by atoms with E-state index in [9.17, 15) is 28.8 Å². The van der Waals surface area contributed by atoms with Crippen molar-refractivity contribution >= 4 is 35.5 Å². The Balaban J connectivity index is 2.86. The van der Waals surface area contributed by atoms with Crippen molar-refractivity contribution in [2.75, 3.05) is 13.1 Å². The van der Waals surface area contributed by atoms with Crippen LogP contribution in [-0.4, -0.2) is 83.9 Å². The second-order valence-corrected chi connectivity index (χ2v) is 14.2. The number of nitrogens with one attached hydrogen (secondary N) is 6. The summed E-state index contributed by atoms with van der Waals surface area (Å²) >= 11 is 0. The standard InChI is InChI=1S/C38H64N6O7/c1-9-15-30(42-38(51)34(26(7)10-2)43-31(45)18-14-19-32(46)47)36(49)41-29(22-24(3)4)23-40-27(8)35(48)44-33(25(5)6)37(50)39-21-20-28-16-12-11-13-17-28/h11-13,16-17,24-27,29-30,33-34,40H,9-10,14-15,18-23H2,1-8H3,(H,39,50)(H,41,49)(H,42,51)(H,43,45)(H,44,48)(H,46,47)/t26-,27-,29?,30-,33?,34?/m0/s1. The van der Waals surface area contributed by atoms with E-state index in [1.807, 2.05) is 78.8 Å². The molecule has 6 atom stereocenters. The molecule has 0 bridgehead atoms. The second-order valence-electron chi connectivity index (χ2n) is 14.2. The van der Waals surface area contributed by atoms with Crippen LogP contribution in [0, 0.1) is 17.8 Å².